The number of nitrogens with zero attached hydrogens (tertiary/aromatic N) is 2. The number of aryl methyl sites for hydroxylation is 2. The van der Waals surface area contributed by atoms with Crippen LogP contribution in [-0.4, -0.2) is 34.3 Å². The molecule has 0 aliphatic heterocycles. The molecule has 0 radical (unpaired) electrons. The van der Waals surface area contributed by atoms with Gasteiger partial charge in [0, 0.05) is 12.8 Å². The van der Waals surface area contributed by atoms with Crippen molar-refractivity contribution in [2.75, 3.05) is 24.7 Å². The molecule has 0 aliphatic carbocycles. The van der Waals surface area contributed by atoms with Gasteiger partial charge in [-0.05, 0) is 30.5 Å². The Morgan fingerprint density at radius 1 is 1.15 bits per heavy atom. The summed E-state index contributed by atoms with van der Waals surface area (Å²) in [6, 6.07) is 7.45. The Bertz CT molecular complexity index is 752. The van der Waals surface area contributed by atoms with E-state index in [0.29, 0.717) is 43.9 Å². The molecule has 6 N–H and O–H groups in total. The van der Waals surface area contributed by atoms with E-state index >= 15 is 0 Å². The monoisotopic (exact) mass is 375 g/mol. The van der Waals surface area contributed by atoms with Crippen molar-refractivity contribution in [3.05, 3.63) is 35.5 Å². The summed E-state index contributed by atoms with van der Waals surface area (Å²) >= 11 is 0. The van der Waals surface area contributed by atoms with E-state index in [-0.39, 0.29) is 18.2 Å². The quantitative estimate of drug-likeness (QED) is 0.277. The van der Waals surface area contributed by atoms with Gasteiger partial charge in [0.2, 0.25) is 11.9 Å². The molecule has 0 spiro atoms. The van der Waals surface area contributed by atoms with Crippen LogP contribution in [0.3, 0.4) is 0 Å². The number of amides is 1. The second-order valence-corrected chi connectivity index (χ2v) is 5.83. The van der Waals surface area contributed by atoms with Gasteiger partial charge < -0.3 is 20.9 Å². The number of aromatic nitrogens is 2. The van der Waals surface area contributed by atoms with Crippen LogP contribution in [0.5, 0.6) is 11.5 Å². The largest absolute Gasteiger partial charge is 0.493 e. The third kappa shape index (κ3) is 6.30. The maximum absolute atomic E-state index is 11.0. The highest BCUT2D eigenvalue weighted by Crippen LogP contribution is 2.24. The number of hydrogen-bond donors (Lipinski definition) is 4. The Morgan fingerprint density at radius 2 is 1.85 bits per heavy atom. The molecule has 1 amide bonds. The molecule has 9 heteroatoms. The van der Waals surface area contributed by atoms with Gasteiger partial charge >= 0.3 is 0 Å². The van der Waals surface area contributed by atoms with Crippen LogP contribution >= 0.6 is 0 Å². The van der Waals surface area contributed by atoms with Crippen molar-refractivity contribution in [2.45, 2.75) is 32.6 Å². The zero-order chi connectivity index (χ0) is 19.6. The summed E-state index contributed by atoms with van der Waals surface area (Å²) in [5.74, 6) is 1.18. The average Bonchev–Trinajstić information content (AvgIpc) is 2.67. The number of rotatable bonds is 10. The van der Waals surface area contributed by atoms with Crippen LogP contribution < -0.4 is 26.4 Å². The number of nitrogens with two attached hydrogens (primary N) is 2. The lowest BCUT2D eigenvalue weighted by Crippen LogP contribution is -2.18. The zero-order valence-electron chi connectivity index (χ0n) is 15.3. The van der Waals surface area contributed by atoms with E-state index in [9.17, 15) is 4.79 Å². The SMILES string of the molecule is CCc1nc(N)nc(N)c1OCCCOc1ccc(CCC(=O)NO)cc1. The highest BCUT2D eigenvalue weighted by atomic mass is 16.5. The van der Waals surface area contributed by atoms with E-state index < -0.39 is 5.91 Å². The molecule has 0 aliphatic rings. The molecule has 0 saturated heterocycles. The van der Waals surface area contributed by atoms with Gasteiger partial charge in [-0.15, -0.1) is 0 Å². The Balaban J connectivity index is 1.74. The molecule has 146 valence electrons. The molecule has 2 aromatic rings. The highest BCUT2D eigenvalue weighted by Gasteiger charge is 2.11. The summed E-state index contributed by atoms with van der Waals surface area (Å²) < 4.78 is 11.4. The maximum atomic E-state index is 11.0. The molecule has 0 unspecified atom stereocenters. The number of hydrogen-bond acceptors (Lipinski definition) is 8. The summed E-state index contributed by atoms with van der Waals surface area (Å²) in [4.78, 5) is 19.1. The van der Waals surface area contributed by atoms with Crippen molar-refractivity contribution in [1.29, 1.82) is 0 Å². The molecule has 1 aromatic heterocycles. The van der Waals surface area contributed by atoms with Gasteiger partial charge in [-0.2, -0.15) is 4.98 Å². The van der Waals surface area contributed by atoms with E-state index in [1.807, 2.05) is 31.2 Å². The predicted octanol–water partition coefficient (Wildman–Crippen LogP) is 1.49. The number of carbonyl (C=O) groups is 1. The van der Waals surface area contributed by atoms with E-state index in [1.54, 1.807) is 5.48 Å². The minimum atomic E-state index is -0.409. The lowest BCUT2D eigenvalue weighted by Gasteiger charge is -2.12. The van der Waals surface area contributed by atoms with Crippen molar-refractivity contribution >= 4 is 17.7 Å². The first-order valence-electron chi connectivity index (χ1n) is 8.72. The summed E-state index contributed by atoms with van der Waals surface area (Å²) in [7, 11) is 0. The van der Waals surface area contributed by atoms with Crippen LogP contribution in [0.1, 0.15) is 31.0 Å². The fourth-order valence-electron chi connectivity index (χ4n) is 2.42. The van der Waals surface area contributed by atoms with Crippen LogP contribution in [0.15, 0.2) is 24.3 Å². The first kappa shape index (κ1) is 20.2. The first-order valence-corrected chi connectivity index (χ1v) is 8.72. The Morgan fingerprint density at radius 3 is 2.52 bits per heavy atom. The normalized spacial score (nSPS) is 10.4. The fourth-order valence-corrected chi connectivity index (χ4v) is 2.42. The molecule has 1 aromatic carbocycles. The third-order valence-electron chi connectivity index (χ3n) is 3.81. The van der Waals surface area contributed by atoms with Crippen molar-refractivity contribution in [2.24, 2.45) is 0 Å². The molecule has 0 saturated carbocycles. The molecule has 1 heterocycles. The van der Waals surface area contributed by atoms with Crippen LogP contribution in [0, 0.1) is 0 Å². The molecule has 0 fully saturated rings. The lowest BCUT2D eigenvalue weighted by atomic mass is 10.1. The van der Waals surface area contributed by atoms with Crippen LogP contribution in [-0.2, 0) is 17.6 Å². The Labute approximate surface area is 157 Å². The predicted molar refractivity (Wildman–Crippen MR) is 101 cm³/mol. The van der Waals surface area contributed by atoms with Crippen molar-refractivity contribution in [3.8, 4) is 11.5 Å². The molecular weight excluding hydrogens is 350 g/mol. The number of benzene rings is 1. The third-order valence-corrected chi connectivity index (χ3v) is 3.81. The smallest absolute Gasteiger partial charge is 0.243 e. The van der Waals surface area contributed by atoms with E-state index in [0.717, 1.165) is 11.3 Å². The van der Waals surface area contributed by atoms with Crippen molar-refractivity contribution in [1.82, 2.24) is 15.4 Å². The minimum absolute atomic E-state index is 0.139. The molecule has 2 rings (SSSR count). The second-order valence-electron chi connectivity index (χ2n) is 5.83. The highest BCUT2D eigenvalue weighted by molar-refractivity contribution is 5.74. The van der Waals surface area contributed by atoms with Gasteiger partial charge in [0.25, 0.3) is 0 Å². The number of nitrogens with one attached hydrogen (secondary N) is 1. The van der Waals surface area contributed by atoms with E-state index in [4.69, 9.17) is 26.1 Å². The van der Waals surface area contributed by atoms with Crippen LogP contribution in [0.25, 0.3) is 0 Å². The summed E-state index contributed by atoms with van der Waals surface area (Å²) in [5.41, 5.74) is 14.7. The van der Waals surface area contributed by atoms with Gasteiger partial charge in [0.1, 0.15) is 5.75 Å². The molecule has 0 bridgehead atoms. The van der Waals surface area contributed by atoms with Gasteiger partial charge in [-0.3, -0.25) is 10.0 Å². The Hall–Kier alpha value is -3.07. The summed E-state index contributed by atoms with van der Waals surface area (Å²) in [6.45, 7) is 2.83. The zero-order valence-corrected chi connectivity index (χ0v) is 15.3. The topological polar surface area (TPSA) is 146 Å². The summed E-state index contributed by atoms with van der Waals surface area (Å²) in [5, 5.41) is 8.48. The summed E-state index contributed by atoms with van der Waals surface area (Å²) in [6.07, 6.45) is 2.08. The number of ether oxygens (including phenoxy) is 2. The number of hydroxylamine groups is 1. The number of anilines is 2. The fraction of sp³-hybridized carbons (Fsp3) is 0.389. The minimum Gasteiger partial charge on any atom is -0.493 e. The van der Waals surface area contributed by atoms with Crippen LogP contribution in [0.2, 0.25) is 0 Å². The van der Waals surface area contributed by atoms with Crippen molar-refractivity contribution < 1.29 is 19.5 Å². The first-order chi connectivity index (χ1) is 13.0. The second kappa shape index (κ2) is 10.2. The van der Waals surface area contributed by atoms with E-state index in [2.05, 4.69) is 9.97 Å². The molecular formula is C18H25N5O4. The molecule has 0 atom stereocenters. The number of carbonyl (C=O) groups excluding carboxylic acids is 1. The molecule has 27 heavy (non-hydrogen) atoms. The molecule has 9 nitrogen and oxygen atoms in total. The van der Waals surface area contributed by atoms with Crippen molar-refractivity contribution in [3.63, 3.8) is 0 Å². The van der Waals surface area contributed by atoms with Gasteiger partial charge in [0.05, 0.1) is 18.9 Å². The lowest BCUT2D eigenvalue weighted by molar-refractivity contribution is -0.129. The van der Waals surface area contributed by atoms with Crippen LogP contribution in [0.4, 0.5) is 11.8 Å². The van der Waals surface area contributed by atoms with E-state index in [1.165, 1.54) is 0 Å². The Kier molecular flexibility index (Phi) is 7.63. The van der Waals surface area contributed by atoms with Gasteiger partial charge in [-0.25, -0.2) is 10.5 Å². The van der Waals surface area contributed by atoms with Gasteiger partial charge in [-0.1, -0.05) is 19.1 Å². The average molecular weight is 375 g/mol. The van der Waals surface area contributed by atoms with Gasteiger partial charge in [0.15, 0.2) is 11.6 Å². The maximum Gasteiger partial charge on any atom is 0.243 e. The number of nitrogen functional groups attached to an aromatic ring is 2. The standard InChI is InChI=1S/C18H25N5O4/c1-2-14-16(17(19)22-18(20)21-14)27-11-3-10-26-13-7-4-12(5-8-13)6-9-15(24)23-25/h4-5,7-8,25H,2-3,6,9-11H2,1H3,(H,23,24)(H4,19,20,21,22).